The quantitative estimate of drug-likeness (QED) is 0.179. The Kier molecular flexibility index (Phi) is 7.14. The predicted molar refractivity (Wildman–Crippen MR) is 228 cm³/mol. The van der Waals surface area contributed by atoms with Gasteiger partial charge in [-0.2, -0.15) is 0 Å². The van der Waals surface area contributed by atoms with E-state index in [1.54, 1.807) is 0 Å². The highest BCUT2D eigenvalue weighted by molar-refractivity contribution is 6.08. The first-order valence-electron chi connectivity index (χ1n) is 18.6. The Labute approximate surface area is 317 Å². The maximum Gasteiger partial charge on any atom is 0.160 e. The summed E-state index contributed by atoms with van der Waals surface area (Å²) in [5, 5.41) is 5.92. The van der Waals surface area contributed by atoms with E-state index >= 15 is 0 Å². The second-order valence-electron chi connectivity index (χ2n) is 14.0. The lowest BCUT2D eigenvalue weighted by Crippen LogP contribution is -2.01. The van der Waals surface area contributed by atoms with Crippen molar-refractivity contribution in [2.45, 2.75) is 0 Å². The topological polar surface area (TPSA) is 43.1 Å². The molecule has 0 N–H and O–H groups in total. The summed E-state index contributed by atoms with van der Waals surface area (Å²) >= 11 is 0. The standard InChI is InChI=1S/C51H32N4/c1-2-14-37(15-3-1)51-53-49(40-28-22-33-12-4-6-16-38(33)30-40)48(50(54-51)41-29-23-34-13-5-7-17-39(34)31-41)36-26-24-35(25-27-36)47-42-18-8-10-20-44(42)55-45-21-11-9-19-43(45)52-32-46(47)55/h1-32H. The molecule has 3 aromatic heterocycles. The molecule has 0 saturated heterocycles. The van der Waals surface area contributed by atoms with Crippen molar-refractivity contribution in [2.75, 3.05) is 0 Å². The van der Waals surface area contributed by atoms with Gasteiger partial charge in [0.1, 0.15) is 0 Å². The summed E-state index contributed by atoms with van der Waals surface area (Å²) in [4.78, 5) is 15.7. The molecule has 11 aromatic rings. The van der Waals surface area contributed by atoms with Crippen LogP contribution in [-0.2, 0) is 0 Å². The van der Waals surface area contributed by atoms with E-state index in [9.17, 15) is 0 Å². The van der Waals surface area contributed by atoms with Crippen LogP contribution in [0.2, 0.25) is 0 Å². The van der Waals surface area contributed by atoms with Crippen LogP contribution in [0.3, 0.4) is 0 Å². The third-order valence-corrected chi connectivity index (χ3v) is 10.8. The van der Waals surface area contributed by atoms with Gasteiger partial charge in [0, 0.05) is 33.2 Å². The molecule has 8 aromatic carbocycles. The summed E-state index contributed by atoms with van der Waals surface area (Å²) in [5.41, 5.74) is 13.5. The molecule has 55 heavy (non-hydrogen) atoms. The summed E-state index contributed by atoms with van der Waals surface area (Å²) in [6, 6.07) is 66.5. The van der Waals surface area contributed by atoms with E-state index in [-0.39, 0.29) is 0 Å². The monoisotopic (exact) mass is 700 g/mol. The van der Waals surface area contributed by atoms with Crippen molar-refractivity contribution in [3.05, 3.63) is 194 Å². The third-order valence-electron chi connectivity index (χ3n) is 10.8. The first kappa shape index (κ1) is 31.1. The minimum atomic E-state index is 0.693. The lowest BCUT2D eigenvalue weighted by atomic mass is 9.91. The van der Waals surface area contributed by atoms with Crippen molar-refractivity contribution in [1.82, 2.24) is 19.4 Å². The molecule has 0 atom stereocenters. The van der Waals surface area contributed by atoms with Crippen LogP contribution < -0.4 is 0 Å². The van der Waals surface area contributed by atoms with Gasteiger partial charge < -0.3 is 4.40 Å². The van der Waals surface area contributed by atoms with Gasteiger partial charge in [0.2, 0.25) is 0 Å². The summed E-state index contributed by atoms with van der Waals surface area (Å²) in [6.45, 7) is 0. The van der Waals surface area contributed by atoms with Crippen molar-refractivity contribution >= 4 is 49.0 Å². The molecule has 0 aliphatic carbocycles. The number of aromatic nitrogens is 4. The largest absolute Gasteiger partial charge is 0.306 e. The zero-order valence-electron chi connectivity index (χ0n) is 29.8. The summed E-state index contributed by atoms with van der Waals surface area (Å²) in [5.74, 6) is 0.693. The van der Waals surface area contributed by atoms with Crippen molar-refractivity contribution in [1.29, 1.82) is 0 Å². The Balaban J connectivity index is 1.17. The molecule has 0 amide bonds. The van der Waals surface area contributed by atoms with Crippen LogP contribution in [0.15, 0.2) is 194 Å². The minimum absolute atomic E-state index is 0.693. The second kappa shape index (κ2) is 12.6. The molecule has 0 saturated carbocycles. The first-order chi connectivity index (χ1) is 27.3. The average Bonchev–Trinajstić information content (AvgIpc) is 3.61. The normalized spacial score (nSPS) is 11.6. The maximum absolute atomic E-state index is 5.41. The Hall–Kier alpha value is -7.43. The van der Waals surface area contributed by atoms with Crippen molar-refractivity contribution < 1.29 is 0 Å². The van der Waals surface area contributed by atoms with Gasteiger partial charge in [-0.25, -0.2) is 9.97 Å². The molecular weight excluding hydrogens is 669 g/mol. The molecule has 11 rings (SSSR count). The fourth-order valence-electron chi connectivity index (χ4n) is 8.18. The van der Waals surface area contributed by atoms with Gasteiger partial charge in [0.15, 0.2) is 5.82 Å². The Morgan fingerprint density at radius 3 is 1.51 bits per heavy atom. The lowest BCUT2D eigenvalue weighted by Gasteiger charge is -2.18. The average molecular weight is 701 g/mol. The number of para-hydroxylation sites is 3. The number of benzene rings is 8. The Morgan fingerprint density at radius 2 is 0.855 bits per heavy atom. The summed E-state index contributed by atoms with van der Waals surface area (Å²) in [6.07, 6.45) is 2.01. The molecule has 4 heteroatoms. The smallest absolute Gasteiger partial charge is 0.160 e. The second-order valence-corrected chi connectivity index (χ2v) is 14.0. The molecule has 0 fully saturated rings. The highest BCUT2D eigenvalue weighted by atomic mass is 14.9. The van der Waals surface area contributed by atoms with Crippen molar-refractivity contribution in [3.8, 4) is 56.2 Å². The van der Waals surface area contributed by atoms with Crippen LogP contribution in [0, 0.1) is 0 Å². The third kappa shape index (κ3) is 5.19. The molecule has 3 heterocycles. The number of rotatable bonds is 5. The lowest BCUT2D eigenvalue weighted by molar-refractivity contribution is 1.19. The van der Waals surface area contributed by atoms with Crippen molar-refractivity contribution in [2.24, 2.45) is 0 Å². The van der Waals surface area contributed by atoms with Gasteiger partial charge in [-0.3, -0.25) is 4.98 Å². The van der Waals surface area contributed by atoms with Crippen LogP contribution in [0.25, 0.3) is 105 Å². The fourth-order valence-corrected chi connectivity index (χ4v) is 8.18. The minimum Gasteiger partial charge on any atom is -0.306 e. The zero-order valence-corrected chi connectivity index (χ0v) is 29.8. The highest BCUT2D eigenvalue weighted by Crippen LogP contribution is 2.43. The molecule has 0 aliphatic rings. The van der Waals surface area contributed by atoms with E-state index in [0.29, 0.717) is 5.82 Å². The summed E-state index contributed by atoms with van der Waals surface area (Å²) < 4.78 is 2.34. The van der Waals surface area contributed by atoms with E-state index in [0.717, 1.165) is 66.8 Å². The van der Waals surface area contributed by atoms with Crippen LogP contribution in [-0.4, -0.2) is 19.4 Å². The Morgan fingerprint density at radius 1 is 0.345 bits per heavy atom. The van der Waals surface area contributed by atoms with Gasteiger partial charge in [-0.05, 0) is 63.0 Å². The fraction of sp³-hybridized carbons (Fsp3) is 0. The number of hydrogen-bond acceptors (Lipinski definition) is 3. The van der Waals surface area contributed by atoms with Crippen LogP contribution in [0.4, 0.5) is 0 Å². The van der Waals surface area contributed by atoms with Gasteiger partial charge in [-0.1, -0.05) is 158 Å². The van der Waals surface area contributed by atoms with E-state index in [2.05, 4.69) is 168 Å². The van der Waals surface area contributed by atoms with Crippen LogP contribution in [0.5, 0.6) is 0 Å². The van der Waals surface area contributed by atoms with Crippen molar-refractivity contribution in [3.63, 3.8) is 0 Å². The molecule has 0 unspecified atom stereocenters. The first-order valence-corrected chi connectivity index (χ1v) is 18.6. The van der Waals surface area contributed by atoms with Gasteiger partial charge in [0.25, 0.3) is 0 Å². The number of nitrogens with zero attached hydrogens (tertiary/aromatic N) is 4. The van der Waals surface area contributed by atoms with E-state index in [4.69, 9.17) is 15.0 Å². The van der Waals surface area contributed by atoms with E-state index in [1.165, 1.54) is 32.5 Å². The number of fused-ring (bicyclic) bond motifs is 7. The molecule has 0 radical (unpaired) electrons. The van der Waals surface area contributed by atoms with Gasteiger partial charge >= 0.3 is 0 Å². The predicted octanol–water partition coefficient (Wildman–Crippen LogP) is 13.1. The van der Waals surface area contributed by atoms with E-state index in [1.807, 2.05) is 30.5 Å². The zero-order chi connectivity index (χ0) is 36.3. The molecule has 0 spiro atoms. The van der Waals surface area contributed by atoms with E-state index < -0.39 is 0 Å². The van der Waals surface area contributed by atoms with Crippen LogP contribution in [0.1, 0.15) is 0 Å². The Bertz CT molecular complexity index is 3150. The van der Waals surface area contributed by atoms with Gasteiger partial charge in [-0.15, -0.1) is 0 Å². The highest BCUT2D eigenvalue weighted by Gasteiger charge is 2.22. The molecule has 0 bridgehead atoms. The number of hydrogen-bond donors (Lipinski definition) is 0. The molecule has 0 aliphatic heterocycles. The maximum atomic E-state index is 5.41. The van der Waals surface area contributed by atoms with Crippen LogP contribution >= 0.6 is 0 Å². The van der Waals surface area contributed by atoms with Gasteiger partial charge in [0.05, 0.1) is 39.7 Å². The SMILES string of the molecule is c1ccc(-c2nc(-c3ccc4ccccc4c3)c(-c3ccc(-c4c5ccccc5n5c4cnc4ccccc45)cc3)c(-c3ccc4ccccc4c3)n2)cc1. The summed E-state index contributed by atoms with van der Waals surface area (Å²) in [7, 11) is 0. The molecule has 4 nitrogen and oxygen atoms in total. The molecular formula is C51H32N4. The molecule has 256 valence electrons.